The molecule has 8 heteroatoms. The number of nitrogens with one attached hydrogen (secondary N) is 1. The minimum Gasteiger partial charge on any atom is -0.448 e. The van der Waals surface area contributed by atoms with Gasteiger partial charge in [-0.1, -0.05) is 0 Å². The monoisotopic (exact) mass is 289 g/mol. The molecule has 0 bridgehead atoms. The molecule has 1 amide bonds. The first-order valence-electron chi connectivity index (χ1n) is 4.76. The number of carbonyl (C=O) groups is 1. The molecule has 0 saturated carbocycles. The molecule has 1 aliphatic heterocycles. The summed E-state index contributed by atoms with van der Waals surface area (Å²) in [4.78, 5) is 11.2. The molecule has 0 aromatic heterocycles. The first-order chi connectivity index (χ1) is 7.43. The van der Waals surface area contributed by atoms with Gasteiger partial charge in [0.1, 0.15) is 6.61 Å². The van der Waals surface area contributed by atoms with Crippen molar-refractivity contribution < 1.29 is 17.9 Å². The van der Waals surface area contributed by atoms with Crippen molar-refractivity contribution in [1.29, 1.82) is 0 Å². The first kappa shape index (κ1) is 13.9. The van der Waals surface area contributed by atoms with Crippen LogP contribution in [0.15, 0.2) is 0 Å². The minimum atomic E-state index is -2.99. The Morgan fingerprint density at radius 3 is 2.75 bits per heavy atom. The molecule has 2 atom stereocenters. The van der Waals surface area contributed by atoms with E-state index in [-0.39, 0.29) is 30.0 Å². The molecule has 0 aromatic carbocycles. The lowest BCUT2D eigenvalue weighted by Gasteiger charge is -2.12. The van der Waals surface area contributed by atoms with Crippen LogP contribution in [0.25, 0.3) is 0 Å². The van der Waals surface area contributed by atoms with E-state index < -0.39 is 21.3 Å². The Hall–Kier alpha value is -0.200. The van der Waals surface area contributed by atoms with Gasteiger partial charge < -0.3 is 10.1 Å². The SMILES string of the molecule is O=C(NC1CCS(=O)(=O)C1)OCC(Cl)CCl. The van der Waals surface area contributed by atoms with Gasteiger partial charge in [0.05, 0.1) is 16.9 Å². The average molecular weight is 290 g/mol. The lowest BCUT2D eigenvalue weighted by Crippen LogP contribution is -2.37. The summed E-state index contributed by atoms with van der Waals surface area (Å²) in [5.41, 5.74) is 0. The number of halogens is 2. The van der Waals surface area contributed by atoms with Crippen molar-refractivity contribution in [3.05, 3.63) is 0 Å². The van der Waals surface area contributed by atoms with Crippen LogP contribution in [-0.4, -0.2) is 49.9 Å². The predicted octanol–water partition coefficient (Wildman–Crippen LogP) is 0.746. The zero-order valence-corrected chi connectivity index (χ0v) is 10.8. The van der Waals surface area contributed by atoms with Gasteiger partial charge in [-0.15, -0.1) is 23.2 Å². The Labute approximate surface area is 104 Å². The molecule has 1 fully saturated rings. The molecule has 0 aromatic rings. The molecule has 0 aliphatic carbocycles. The Balaban J connectivity index is 2.25. The normalized spacial score (nSPS) is 25.0. The van der Waals surface area contributed by atoms with Crippen molar-refractivity contribution in [3.63, 3.8) is 0 Å². The molecule has 1 N–H and O–H groups in total. The molecule has 1 rings (SSSR count). The highest BCUT2D eigenvalue weighted by atomic mass is 35.5. The summed E-state index contributed by atoms with van der Waals surface area (Å²) in [5.74, 6) is 0.270. The molecule has 0 radical (unpaired) electrons. The summed E-state index contributed by atoms with van der Waals surface area (Å²) in [6, 6.07) is -0.359. The van der Waals surface area contributed by atoms with Gasteiger partial charge in [-0.2, -0.15) is 0 Å². The molecular weight excluding hydrogens is 277 g/mol. The maximum Gasteiger partial charge on any atom is 0.407 e. The lowest BCUT2D eigenvalue weighted by atomic mass is 10.3. The third kappa shape index (κ3) is 4.76. The molecular formula is C8H13Cl2NO4S. The lowest BCUT2D eigenvalue weighted by molar-refractivity contribution is 0.144. The second-order valence-electron chi connectivity index (χ2n) is 3.59. The topological polar surface area (TPSA) is 72.5 Å². The zero-order valence-electron chi connectivity index (χ0n) is 8.49. The van der Waals surface area contributed by atoms with Crippen LogP contribution in [0.2, 0.25) is 0 Å². The highest BCUT2D eigenvalue weighted by molar-refractivity contribution is 7.91. The molecule has 94 valence electrons. The van der Waals surface area contributed by atoms with Gasteiger partial charge in [0, 0.05) is 11.9 Å². The number of alkyl halides is 2. The smallest absolute Gasteiger partial charge is 0.407 e. The van der Waals surface area contributed by atoms with E-state index >= 15 is 0 Å². The van der Waals surface area contributed by atoms with E-state index in [4.69, 9.17) is 27.9 Å². The van der Waals surface area contributed by atoms with E-state index in [1.54, 1.807) is 0 Å². The van der Waals surface area contributed by atoms with E-state index in [1.807, 2.05) is 0 Å². The minimum absolute atomic E-state index is 0.0103. The van der Waals surface area contributed by atoms with E-state index in [1.165, 1.54) is 0 Å². The van der Waals surface area contributed by atoms with Gasteiger partial charge >= 0.3 is 6.09 Å². The third-order valence-electron chi connectivity index (χ3n) is 2.12. The summed E-state index contributed by atoms with van der Waals surface area (Å²) in [6.07, 6.45) is -0.227. The number of hydrogen-bond donors (Lipinski definition) is 1. The van der Waals surface area contributed by atoms with Crippen molar-refractivity contribution >= 4 is 39.1 Å². The molecule has 1 heterocycles. The maximum absolute atomic E-state index is 11.2. The summed E-state index contributed by atoms with van der Waals surface area (Å²) < 4.78 is 27.0. The van der Waals surface area contributed by atoms with Crippen LogP contribution in [0.5, 0.6) is 0 Å². The van der Waals surface area contributed by atoms with Crippen LogP contribution >= 0.6 is 23.2 Å². The molecule has 0 spiro atoms. The highest BCUT2D eigenvalue weighted by Gasteiger charge is 2.29. The quantitative estimate of drug-likeness (QED) is 0.775. The second kappa shape index (κ2) is 5.93. The van der Waals surface area contributed by atoms with Crippen LogP contribution < -0.4 is 5.32 Å². The number of amides is 1. The van der Waals surface area contributed by atoms with Crippen molar-refractivity contribution in [2.45, 2.75) is 17.8 Å². The van der Waals surface area contributed by atoms with Crippen molar-refractivity contribution in [2.75, 3.05) is 24.0 Å². The van der Waals surface area contributed by atoms with Gasteiger partial charge in [0.2, 0.25) is 0 Å². The zero-order chi connectivity index (χ0) is 12.2. The van der Waals surface area contributed by atoms with Crippen LogP contribution in [0.4, 0.5) is 4.79 Å². The fourth-order valence-corrected chi connectivity index (χ4v) is 3.15. The highest BCUT2D eigenvalue weighted by Crippen LogP contribution is 2.11. The van der Waals surface area contributed by atoms with E-state index in [9.17, 15) is 13.2 Å². The average Bonchev–Trinajstić information content (AvgIpc) is 2.54. The van der Waals surface area contributed by atoms with E-state index in [2.05, 4.69) is 5.32 Å². The number of alkyl carbamates (subject to hydrolysis) is 1. The molecule has 2 unspecified atom stereocenters. The van der Waals surface area contributed by atoms with Gasteiger partial charge in [0.25, 0.3) is 0 Å². The standard InChI is InChI=1S/C8H13Cl2NO4S/c9-3-6(10)4-15-8(12)11-7-1-2-16(13,14)5-7/h6-7H,1-5H2,(H,11,12). The number of ether oxygens (including phenoxy) is 1. The third-order valence-corrected chi connectivity index (χ3v) is 4.70. The Bertz CT molecular complexity index is 346. The van der Waals surface area contributed by atoms with Crippen molar-refractivity contribution in [3.8, 4) is 0 Å². The fourth-order valence-electron chi connectivity index (χ4n) is 1.33. The van der Waals surface area contributed by atoms with Crippen LogP contribution in [0, 0.1) is 0 Å². The van der Waals surface area contributed by atoms with E-state index in [0.29, 0.717) is 6.42 Å². The van der Waals surface area contributed by atoms with Gasteiger partial charge in [-0.05, 0) is 6.42 Å². The largest absolute Gasteiger partial charge is 0.448 e. The van der Waals surface area contributed by atoms with Crippen molar-refractivity contribution in [2.24, 2.45) is 0 Å². The van der Waals surface area contributed by atoms with Gasteiger partial charge in [0.15, 0.2) is 9.84 Å². The summed E-state index contributed by atoms with van der Waals surface area (Å²) in [7, 11) is -2.99. The van der Waals surface area contributed by atoms with Gasteiger partial charge in [-0.3, -0.25) is 0 Å². The summed E-state index contributed by atoms with van der Waals surface area (Å²) >= 11 is 11.1. The number of sulfone groups is 1. The first-order valence-corrected chi connectivity index (χ1v) is 7.56. The fraction of sp³-hybridized carbons (Fsp3) is 0.875. The van der Waals surface area contributed by atoms with Crippen molar-refractivity contribution in [1.82, 2.24) is 5.32 Å². The number of hydrogen-bond acceptors (Lipinski definition) is 4. The van der Waals surface area contributed by atoms with E-state index in [0.717, 1.165) is 0 Å². The number of rotatable bonds is 4. The molecule has 1 saturated heterocycles. The van der Waals surface area contributed by atoms with Crippen LogP contribution in [0.3, 0.4) is 0 Å². The Morgan fingerprint density at radius 2 is 2.25 bits per heavy atom. The second-order valence-corrected chi connectivity index (χ2v) is 6.75. The summed E-state index contributed by atoms with van der Waals surface area (Å²) in [6.45, 7) is 0.0103. The number of carbonyl (C=O) groups excluding carboxylic acids is 1. The van der Waals surface area contributed by atoms with Gasteiger partial charge in [-0.25, -0.2) is 13.2 Å². The summed E-state index contributed by atoms with van der Waals surface area (Å²) in [5, 5.41) is 2.04. The van der Waals surface area contributed by atoms with Crippen LogP contribution in [-0.2, 0) is 14.6 Å². The predicted molar refractivity (Wildman–Crippen MR) is 61.9 cm³/mol. The van der Waals surface area contributed by atoms with Crippen LogP contribution in [0.1, 0.15) is 6.42 Å². The molecule has 1 aliphatic rings. The Morgan fingerprint density at radius 1 is 1.56 bits per heavy atom. The molecule has 5 nitrogen and oxygen atoms in total. The molecule has 16 heavy (non-hydrogen) atoms. The Kier molecular flexibility index (Phi) is 5.14. The maximum atomic E-state index is 11.2.